The van der Waals surface area contributed by atoms with E-state index in [9.17, 15) is 19.3 Å². The molecule has 0 unspecified atom stereocenters. The van der Waals surface area contributed by atoms with Gasteiger partial charge in [-0.15, -0.1) is 0 Å². The van der Waals surface area contributed by atoms with Crippen LogP contribution in [0.5, 0.6) is 5.75 Å². The van der Waals surface area contributed by atoms with Gasteiger partial charge in [-0.05, 0) is 31.7 Å². The van der Waals surface area contributed by atoms with Crippen LogP contribution in [-0.4, -0.2) is 34.9 Å². The lowest BCUT2D eigenvalue weighted by molar-refractivity contribution is -0.386. The highest BCUT2D eigenvalue weighted by atomic mass is 19.1. The Morgan fingerprint density at radius 1 is 1.36 bits per heavy atom. The minimum Gasteiger partial charge on any atom is -0.483 e. The summed E-state index contributed by atoms with van der Waals surface area (Å²) in [5.74, 6) is -0.580. The lowest BCUT2D eigenvalue weighted by atomic mass is 9.92. The van der Waals surface area contributed by atoms with Crippen molar-refractivity contribution in [2.75, 3.05) is 7.05 Å². The minimum atomic E-state index is -0.579. The fourth-order valence-corrected chi connectivity index (χ4v) is 2.72. The number of ether oxygens (including phenoxy) is 1. The maximum absolute atomic E-state index is 13.3. The van der Waals surface area contributed by atoms with Crippen LogP contribution in [0.1, 0.15) is 32.6 Å². The van der Waals surface area contributed by atoms with Gasteiger partial charge in [0.1, 0.15) is 5.82 Å². The molecule has 1 amide bonds. The molecule has 22 heavy (non-hydrogen) atoms. The van der Waals surface area contributed by atoms with Crippen molar-refractivity contribution >= 4 is 11.6 Å². The highest BCUT2D eigenvalue weighted by Crippen LogP contribution is 2.32. The van der Waals surface area contributed by atoms with E-state index in [1.165, 1.54) is 6.92 Å². The number of carbonyl (C=O) groups excluding carboxylic acids is 1. The SMILES string of the molecule is CC(=O)N(C)[C@H]1CC[C@@H](Oc2cc(F)ccc2[N+](=O)[O-])CC1. The zero-order chi connectivity index (χ0) is 16.3. The molecule has 1 aliphatic rings. The molecule has 6 nitrogen and oxygen atoms in total. The lowest BCUT2D eigenvalue weighted by Gasteiger charge is -2.34. The first kappa shape index (κ1) is 16.2. The van der Waals surface area contributed by atoms with Crippen molar-refractivity contribution in [3.63, 3.8) is 0 Å². The van der Waals surface area contributed by atoms with E-state index in [1.54, 1.807) is 11.9 Å². The Morgan fingerprint density at radius 2 is 2.00 bits per heavy atom. The van der Waals surface area contributed by atoms with Gasteiger partial charge in [0, 0.05) is 32.1 Å². The Bertz CT molecular complexity index is 571. The molecule has 1 aromatic carbocycles. The molecule has 0 aliphatic heterocycles. The second-order valence-electron chi connectivity index (χ2n) is 5.55. The molecule has 2 rings (SSSR count). The molecule has 0 bridgehead atoms. The summed E-state index contributed by atoms with van der Waals surface area (Å²) in [6.07, 6.45) is 2.69. The van der Waals surface area contributed by atoms with Crippen molar-refractivity contribution in [3.05, 3.63) is 34.1 Å². The fraction of sp³-hybridized carbons (Fsp3) is 0.533. The number of halogens is 1. The molecule has 0 atom stereocenters. The third-order valence-corrected chi connectivity index (χ3v) is 4.10. The molecule has 0 aromatic heterocycles. The van der Waals surface area contributed by atoms with E-state index in [0.717, 1.165) is 31.0 Å². The van der Waals surface area contributed by atoms with Gasteiger partial charge in [0.2, 0.25) is 5.91 Å². The number of carbonyl (C=O) groups is 1. The van der Waals surface area contributed by atoms with E-state index in [4.69, 9.17) is 4.74 Å². The van der Waals surface area contributed by atoms with Crippen LogP contribution in [0.4, 0.5) is 10.1 Å². The average Bonchev–Trinajstić information content (AvgIpc) is 2.47. The highest BCUT2D eigenvalue weighted by molar-refractivity contribution is 5.73. The Balaban J connectivity index is 2.01. The molecule has 0 N–H and O–H groups in total. The quantitative estimate of drug-likeness (QED) is 0.633. The van der Waals surface area contributed by atoms with Gasteiger partial charge < -0.3 is 9.64 Å². The van der Waals surface area contributed by atoms with Crippen molar-refractivity contribution in [3.8, 4) is 5.75 Å². The molecule has 1 fully saturated rings. The Morgan fingerprint density at radius 3 is 2.55 bits per heavy atom. The van der Waals surface area contributed by atoms with Gasteiger partial charge in [0.05, 0.1) is 11.0 Å². The summed E-state index contributed by atoms with van der Waals surface area (Å²) >= 11 is 0. The van der Waals surface area contributed by atoms with E-state index in [2.05, 4.69) is 0 Å². The van der Waals surface area contributed by atoms with Gasteiger partial charge in [0.15, 0.2) is 5.75 Å². The largest absolute Gasteiger partial charge is 0.483 e. The normalized spacial score (nSPS) is 21.2. The van der Waals surface area contributed by atoms with Crippen LogP contribution in [0, 0.1) is 15.9 Å². The van der Waals surface area contributed by atoms with E-state index in [-0.39, 0.29) is 29.5 Å². The lowest BCUT2D eigenvalue weighted by Crippen LogP contribution is -2.40. The Hall–Kier alpha value is -2.18. The second-order valence-corrected chi connectivity index (χ2v) is 5.55. The number of nitrogens with zero attached hydrogens (tertiary/aromatic N) is 2. The van der Waals surface area contributed by atoms with Gasteiger partial charge in [-0.3, -0.25) is 14.9 Å². The minimum absolute atomic E-state index is 0.0186. The van der Waals surface area contributed by atoms with Crippen molar-refractivity contribution in [1.29, 1.82) is 0 Å². The Kier molecular flexibility index (Phi) is 4.95. The summed E-state index contributed by atoms with van der Waals surface area (Å²) < 4.78 is 18.9. The molecule has 0 heterocycles. The van der Waals surface area contributed by atoms with Gasteiger partial charge in [-0.2, -0.15) is 0 Å². The highest BCUT2D eigenvalue weighted by Gasteiger charge is 2.28. The zero-order valence-corrected chi connectivity index (χ0v) is 12.6. The van der Waals surface area contributed by atoms with Crippen LogP contribution < -0.4 is 4.74 Å². The maximum atomic E-state index is 13.3. The van der Waals surface area contributed by atoms with Crippen molar-refractivity contribution in [2.45, 2.75) is 44.8 Å². The number of rotatable bonds is 4. The van der Waals surface area contributed by atoms with Gasteiger partial charge in [-0.25, -0.2) is 4.39 Å². The Labute approximate surface area is 128 Å². The van der Waals surface area contributed by atoms with Crippen LogP contribution in [0.3, 0.4) is 0 Å². The molecule has 120 valence electrons. The predicted molar refractivity (Wildman–Crippen MR) is 78.2 cm³/mol. The van der Waals surface area contributed by atoms with E-state index < -0.39 is 10.7 Å². The third kappa shape index (κ3) is 3.72. The number of hydrogen-bond acceptors (Lipinski definition) is 4. The van der Waals surface area contributed by atoms with Crippen molar-refractivity contribution in [2.24, 2.45) is 0 Å². The summed E-state index contributed by atoms with van der Waals surface area (Å²) in [4.78, 5) is 23.4. The third-order valence-electron chi connectivity index (χ3n) is 4.10. The van der Waals surface area contributed by atoms with Crippen LogP contribution in [0.25, 0.3) is 0 Å². The average molecular weight is 310 g/mol. The maximum Gasteiger partial charge on any atom is 0.311 e. The molecule has 7 heteroatoms. The molecule has 1 aromatic rings. The molecule has 1 saturated carbocycles. The van der Waals surface area contributed by atoms with Crippen LogP contribution in [0.2, 0.25) is 0 Å². The van der Waals surface area contributed by atoms with E-state index in [0.29, 0.717) is 12.8 Å². The van der Waals surface area contributed by atoms with Crippen LogP contribution in [-0.2, 0) is 4.79 Å². The molecule has 0 radical (unpaired) electrons. The molecular formula is C15H19FN2O4. The molecular weight excluding hydrogens is 291 g/mol. The number of nitro benzene ring substituents is 1. The number of amides is 1. The monoisotopic (exact) mass is 310 g/mol. The fourth-order valence-electron chi connectivity index (χ4n) is 2.72. The second kappa shape index (κ2) is 6.72. The summed E-state index contributed by atoms with van der Waals surface area (Å²) in [6, 6.07) is 3.37. The number of benzene rings is 1. The number of hydrogen-bond donors (Lipinski definition) is 0. The van der Waals surface area contributed by atoms with Crippen LogP contribution in [0.15, 0.2) is 18.2 Å². The molecule has 0 saturated heterocycles. The molecule has 1 aliphatic carbocycles. The van der Waals surface area contributed by atoms with Gasteiger partial charge in [0.25, 0.3) is 0 Å². The topological polar surface area (TPSA) is 72.7 Å². The van der Waals surface area contributed by atoms with E-state index >= 15 is 0 Å². The zero-order valence-electron chi connectivity index (χ0n) is 12.6. The predicted octanol–water partition coefficient (Wildman–Crippen LogP) is 2.90. The standard InChI is InChI=1S/C15H19FN2O4/c1-10(19)17(2)12-4-6-13(7-5-12)22-15-9-11(16)3-8-14(15)18(20)21/h3,8-9,12-13H,4-7H2,1-2H3/t12-,13+. The van der Waals surface area contributed by atoms with Crippen LogP contribution >= 0.6 is 0 Å². The van der Waals surface area contributed by atoms with E-state index in [1.807, 2.05) is 0 Å². The first-order chi connectivity index (χ1) is 10.4. The summed E-state index contributed by atoms with van der Waals surface area (Å²) in [5, 5.41) is 11.0. The van der Waals surface area contributed by atoms with Gasteiger partial charge >= 0.3 is 5.69 Å². The number of nitro groups is 1. The first-order valence-electron chi connectivity index (χ1n) is 7.22. The van der Waals surface area contributed by atoms with Gasteiger partial charge in [-0.1, -0.05) is 0 Å². The van der Waals surface area contributed by atoms with Crippen molar-refractivity contribution in [1.82, 2.24) is 4.90 Å². The summed E-state index contributed by atoms with van der Waals surface area (Å²) in [7, 11) is 1.77. The van der Waals surface area contributed by atoms with Crippen molar-refractivity contribution < 1.29 is 18.8 Å². The molecule has 0 spiro atoms. The first-order valence-corrected chi connectivity index (χ1v) is 7.22. The smallest absolute Gasteiger partial charge is 0.311 e. The summed E-state index contributed by atoms with van der Waals surface area (Å²) in [6.45, 7) is 1.53. The summed E-state index contributed by atoms with van der Waals surface area (Å²) in [5.41, 5.74) is -0.232.